The maximum Gasteiger partial charge on any atom is 0.315 e. The van der Waals surface area contributed by atoms with Crippen LogP contribution >= 0.6 is 11.6 Å². The van der Waals surface area contributed by atoms with Crippen molar-refractivity contribution >= 4 is 17.6 Å². The molecule has 0 spiro atoms. The normalized spacial score (nSPS) is 11.8. The third-order valence-electron chi connectivity index (χ3n) is 3.87. The molecule has 0 aliphatic carbocycles. The van der Waals surface area contributed by atoms with Gasteiger partial charge in [0.15, 0.2) is 0 Å². The highest BCUT2D eigenvalue weighted by molar-refractivity contribution is 6.31. The first-order chi connectivity index (χ1) is 11.1. The Morgan fingerprint density at radius 3 is 2.48 bits per heavy atom. The van der Waals surface area contributed by atoms with Crippen molar-refractivity contribution in [3.8, 4) is 0 Å². The molecule has 2 amide bonds. The van der Waals surface area contributed by atoms with Gasteiger partial charge in [-0.2, -0.15) is 0 Å². The Hall–Kier alpha value is -2.00. The number of hydrogen-bond donors (Lipinski definition) is 2. The average molecular weight is 331 g/mol. The Bertz CT molecular complexity index is 640. The zero-order valence-corrected chi connectivity index (χ0v) is 14.4. The zero-order valence-electron chi connectivity index (χ0n) is 13.6. The molecule has 3 nitrogen and oxygen atoms in total. The topological polar surface area (TPSA) is 41.1 Å². The molecular weight excluding hydrogens is 308 g/mol. The zero-order chi connectivity index (χ0) is 16.7. The second-order valence-corrected chi connectivity index (χ2v) is 5.97. The third kappa shape index (κ3) is 5.29. The SMILES string of the molecule is CCc1ccc(C(C)NC(=O)NCCc2ccccc2Cl)cc1. The maximum absolute atomic E-state index is 12.0. The molecule has 23 heavy (non-hydrogen) atoms. The van der Waals surface area contributed by atoms with Crippen molar-refractivity contribution in [2.75, 3.05) is 6.54 Å². The summed E-state index contributed by atoms with van der Waals surface area (Å²) in [6.07, 6.45) is 1.73. The minimum Gasteiger partial charge on any atom is -0.338 e. The van der Waals surface area contributed by atoms with E-state index in [2.05, 4.69) is 41.8 Å². The van der Waals surface area contributed by atoms with Gasteiger partial charge in [-0.1, -0.05) is 61.0 Å². The summed E-state index contributed by atoms with van der Waals surface area (Å²) in [5.74, 6) is 0. The van der Waals surface area contributed by atoms with Crippen molar-refractivity contribution in [3.05, 3.63) is 70.2 Å². The van der Waals surface area contributed by atoms with Crippen molar-refractivity contribution in [2.45, 2.75) is 32.7 Å². The van der Waals surface area contributed by atoms with E-state index in [1.807, 2.05) is 31.2 Å². The van der Waals surface area contributed by atoms with Gasteiger partial charge in [0.05, 0.1) is 6.04 Å². The molecule has 0 fully saturated rings. The Morgan fingerprint density at radius 1 is 1.13 bits per heavy atom. The van der Waals surface area contributed by atoms with Gasteiger partial charge >= 0.3 is 6.03 Å². The van der Waals surface area contributed by atoms with E-state index >= 15 is 0 Å². The van der Waals surface area contributed by atoms with Crippen molar-refractivity contribution in [1.82, 2.24) is 10.6 Å². The summed E-state index contributed by atoms with van der Waals surface area (Å²) in [6, 6.07) is 15.8. The van der Waals surface area contributed by atoms with E-state index < -0.39 is 0 Å². The van der Waals surface area contributed by atoms with Crippen molar-refractivity contribution in [1.29, 1.82) is 0 Å². The summed E-state index contributed by atoms with van der Waals surface area (Å²) in [5.41, 5.74) is 3.44. The van der Waals surface area contributed by atoms with Gasteiger partial charge in [-0.15, -0.1) is 0 Å². The molecule has 2 aromatic rings. The van der Waals surface area contributed by atoms with Gasteiger partial charge in [-0.3, -0.25) is 0 Å². The summed E-state index contributed by atoms with van der Waals surface area (Å²) in [5, 5.41) is 6.56. The molecule has 1 atom stereocenters. The molecule has 0 bridgehead atoms. The number of aryl methyl sites for hydroxylation is 1. The van der Waals surface area contributed by atoms with Crippen molar-refractivity contribution in [2.24, 2.45) is 0 Å². The fraction of sp³-hybridized carbons (Fsp3) is 0.316. The molecular formula is C19H23ClN2O. The molecule has 0 saturated carbocycles. The fourth-order valence-corrected chi connectivity index (χ4v) is 2.62. The highest BCUT2D eigenvalue weighted by Crippen LogP contribution is 2.15. The van der Waals surface area contributed by atoms with E-state index in [9.17, 15) is 4.79 Å². The van der Waals surface area contributed by atoms with E-state index in [0.717, 1.165) is 22.6 Å². The number of halogens is 1. The molecule has 0 saturated heterocycles. The van der Waals surface area contributed by atoms with E-state index in [-0.39, 0.29) is 12.1 Å². The summed E-state index contributed by atoms with van der Waals surface area (Å²) >= 11 is 6.10. The second-order valence-electron chi connectivity index (χ2n) is 5.56. The number of carbonyl (C=O) groups is 1. The summed E-state index contributed by atoms with van der Waals surface area (Å²) in [4.78, 5) is 12.0. The first kappa shape index (κ1) is 17.4. The Labute approximate surface area is 143 Å². The Morgan fingerprint density at radius 2 is 1.83 bits per heavy atom. The molecule has 0 aliphatic rings. The number of carbonyl (C=O) groups excluding carboxylic acids is 1. The fourth-order valence-electron chi connectivity index (χ4n) is 2.38. The minimum atomic E-state index is -0.163. The first-order valence-corrected chi connectivity index (χ1v) is 8.34. The lowest BCUT2D eigenvalue weighted by Gasteiger charge is -2.15. The molecule has 0 aromatic heterocycles. The van der Waals surface area contributed by atoms with Gasteiger partial charge in [-0.25, -0.2) is 4.79 Å². The van der Waals surface area contributed by atoms with Crippen LogP contribution in [0, 0.1) is 0 Å². The lowest BCUT2D eigenvalue weighted by atomic mass is 10.1. The molecule has 4 heteroatoms. The van der Waals surface area contributed by atoms with Crippen LogP contribution in [0.3, 0.4) is 0 Å². The van der Waals surface area contributed by atoms with Crippen molar-refractivity contribution < 1.29 is 4.79 Å². The number of amides is 2. The third-order valence-corrected chi connectivity index (χ3v) is 4.24. The molecule has 2 aromatic carbocycles. The lowest BCUT2D eigenvalue weighted by Crippen LogP contribution is -2.38. The number of rotatable bonds is 6. The Balaban J connectivity index is 1.78. The minimum absolute atomic E-state index is 0.0266. The largest absolute Gasteiger partial charge is 0.338 e. The number of hydrogen-bond acceptors (Lipinski definition) is 1. The maximum atomic E-state index is 12.0. The molecule has 2 rings (SSSR count). The van der Waals surface area contributed by atoms with E-state index in [0.29, 0.717) is 13.0 Å². The molecule has 0 heterocycles. The van der Waals surface area contributed by atoms with Crippen LogP contribution < -0.4 is 10.6 Å². The van der Waals surface area contributed by atoms with Gasteiger partial charge in [0.25, 0.3) is 0 Å². The Kier molecular flexibility index (Phi) is 6.48. The van der Waals surface area contributed by atoms with Crippen molar-refractivity contribution in [3.63, 3.8) is 0 Å². The highest BCUT2D eigenvalue weighted by atomic mass is 35.5. The molecule has 0 aliphatic heterocycles. The van der Waals surface area contributed by atoms with Crippen LogP contribution in [0.1, 0.15) is 36.6 Å². The number of urea groups is 1. The summed E-state index contributed by atoms with van der Waals surface area (Å²) < 4.78 is 0. The van der Waals surface area contributed by atoms with Gasteiger partial charge in [0.1, 0.15) is 0 Å². The predicted octanol–water partition coefficient (Wildman–Crippen LogP) is 4.51. The van der Waals surface area contributed by atoms with E-state index in [1.54, 1.807) is 0 Å². The monoisotopic (exact) mass is 330 g/mol. The highest BCUT2D eigenvalue weighted by Gasteiger charge is 2.09. The van der Waals surface area contributed by atoms with Gasteiger partial charge in [0.2, 0.25) is 0 Å². The molecule has 122 valence electrons. The number of benzene rings is 2. The average Bonchev–Trinajstić information content (AvgIpc) is 2.56. The molecule has 2 N–H and O–H groups in total. The van der Waals surface area contributed by atoms with Crippen LogP contribution in [-0.2, 0) is 12.8 Å². The van der Waals surface area contributed by atoms with Crippen LogP contribution in [0.25, 0.3) is 0 Å². The molecule has 0 radical (unpaired) electrons. The van der Waals surface area contributed by atoms with Crippen LogP contribution in [-0.4, -0.2) is 12.6 Å². The predicted molar refractivity (Wildman–Crippen MR) is 95.9 cm³/mol. The summed E-state index contributed by atoms with van der Waals surface area (Å²) in [7, 11) is 0. The standard InChI is InChI=1S/C19H23ClN2O/c1-3-15-8-10-16(11-9-15)14(2)22-19(23)21-13-12-17-6-4-5-7-18(17)20/h4-11,14H,3,12-13H2,1-2H3,(H2,21,22,23). The van der Waals surface area contributed by atoms with Gasteiger partial charge < -0.3 is 10.6 Å². The van der Waals surface area contributed by atoms with E-state index in [4.69, 9.17) is 11.6 Å². The van der Waals surface area contributed by atoms with Gasteiger partial charge in [-0.05, 0) is 42.5 Å². The van der Waals surface area contributed by atoms with Crippen LogP contribution in [0.4, 0.5) is 4.79 Å². The quantitative estimate of drug-likeness (QED) is 0.804. The summed E-state index contributed by atoms with van der Waals surface area (Å²) in [6.45, 7) is 4.66. The molecule has 1 unspecified atom stereocenters. The first-order valence-electron chi connectivity index (χ1n) is 7.96. The van der Waals surface area contributed by atoms with Crippen LogP contribution in [0.2, 0.25) is 5.02 Å². The number of nitrogens with one attached hydrogen (secondary N) is 2. The van der Waals surface area contributed by atoms with Crippen LogP contribution in [0.5, 0.6) is 0 Å². The lowest BCUT2D eigenvalue weighted by molar-refractivity contribution is 0.238. The van der Waals surface area contributed by atoms with E-state index in [1.165, 1.54) is 5.56 Å². The van der Waals surface area contributed by atoms with Crippen LogP contribution in [0.15, 0.2) is 48.5 Å². The van der Waals surface area contributed by atoms with Gasteiger partial charge in [0, 0.05) is 11.6 Å². The smallest absolute Gasteiger partial charge is 0.315 e. The second kappa shape index (κ2) is 8.59.